The van der Waals surface area contributed by atoms with Crippen LogP contribution in [0.25, 0.3) is 6.08 Å². The van der Waals surface area contributed by atoms with Crippen molar-refractivity contribution in [1.82, 2.24) is 0 Å². The highest BCUT2D eigenvalue weighted by molar-refractivity contribution is 8.13. The number of thioether (sulfide) groups is 1. The molecule has 0 heterocycles. The summed E-state index contributed by atoms with van der Waals surface area (Å²) in [7, 11) is 1.20. The van der Waals surface area contributed by atoms with Gasteiger partial charge >= 0.3 is 6.18 Å². The number of halogens is 3. The van der Waals surface area contributed by atoms with Gasteiger partial charge in [-0.25, -0.2) is 0 Å². The Hall–Kier alpha value is -1.43. The fraction of sp³-hybridized carbons (Fsp3) is 0.308. The number of hydrogen-bond donors (Lipinski definition) is 0. The van der Waals surface area contributed by atoms with Gasteiger partial charge in [0.25, 0.3) is 0 Å². The first-order valence-corrected chi connectivity index (χ1v) is 6.38. The predicted octanol–water partition coefficient (Wildman–Crippen LogP) is 4.01. The lowest BCUT2D eigenvalue weighted by Crippen LogP contribution is -2.07. The van der Waals surface area contributed by atoms with E-state index in [2.05, 4.69) is 0 Å². The third kappa shape index (κ3) is 4.98. The summed E-state index contributed by atoms with van der Waals surface area (Å²) in [4.78, 5) is 10.7. The van der Waals surface area contributed by atoms with E-state index in [1.54, 1.807) is 12.2 Å². The summed E-state index contributed by atoms with van der Waals surface area (Å²) in [5, 5.41) is -0.00495. The molecule has 0 aliphatic rings. The van der Waals surface area contributed by atoms with E-state index in [1.807, 2.05) is 0 Å². The van der Waals surface area contributed by atoms with Crippen LogP contribution in [0.15, 0.2) is 24.3 Å². The van der Waals surface area contributed by atoms with E-state index in [9.17, 15) is 18.0 Å². The Bertz CT molecular complexity index is 481. The maximum atomic E-state index is 12.6. The standard InChI is InChI=1S/C13H13F3O2S/c1-9(17)19-7-3-4-10-5-6-11(13(14,15)16)12(8-10)18-2/h3-6,8H,7H2,1-2H3. The third-order valence-electron chi connectivity index (χ3n) is 2.22. The Labute approximate surface area is 113 Å². The number of rotatable bonds is 4. The maximum Gasteiger partial charge on any atom is 0.419 e. The van der Waals surface area contributed by atoms with Crippen molar-refractivity contribution in [1.29, 1.82) is 0 Å². The molecule has 0 spiro atoms. The molecule has 19 heavy (non-hydrogen) atoms. The molecule has 6 heteroatoms. The highest BCUT2D eigenvalue weighted by Gasteiger charge is 2.34. The third-order valence-corrected chi connectivity index (χ3v) is 2.99. The Morgan fingerprint density at radius 3 is 2.63 bits per heavy atom. The first-order chi connectivity index (χ1) is 8.84. The molecule has 0 amide bonds. The van der Waals surface area contributed by atoms with Crippen molar-refractivity contribution in [3.8, 4) is 5.75 Å². The van der Waals surface area contributed by atoms with Gasteiger partial charge in [-0.15, -0.1) is 0 Å². The summed E-state index contributed by atoms with van der Waals surface area (Å²) in [6.45, 7) is 1.46. The molecule has 0 aliphatic heterocycles. The van der Waals surface area contributed by atoms with Crippen molar-refractivity contribution in [3.05, 3.63) is 35.4 Å². The van der Waals surface area contributed by atoms with Gasteiger partial charge in [-0.3, -0.25) is 4.79 Å². The summed E-state index contributed by atoms with van der Waals surface area (Å²) >= 11 is 1.13. The van der Waals surface area contributed by atoms with E-state index >= 15 is 0 Å². The molecule has 1 aromatic carbocycles. The van der Waals surface area contributed by atoms with Crippen LogP contribution in [-0.4, -0.2) is 18.0 Å². The van der Waals surface area contributed by atoms with E-state index in [1.165, 1.54) is 26.2 Å². The molecule has 1 aromatic rings. The topological polar surface area (TPSA) is 26.3 Å². The largest absolute Gasteiger partial charge is 0.496 e. The zero-order chi connectivity index (χ0) is 14.5. The molecule has 0 radical (unpaired) electrons. The Morgan fingerprint density at radius 2 is 2.11 bits per heavy atom. The minimum Gasteiger partial charge on any atom is -0.496 e. The van der Waals surface area contributed by atoms with Gasteiger partial charge in [0.05, 0.1) is 12.7 Å². The normalized spacial score (nSPS) is 11.8. The van der Waals surface area contributed by atoms with Gasteiger partial charge in [-0.1, -0.05) is 30.0 Å². The minimum absolute atomic E-state index is 0.00495. The molecule has 0 aliphatic carbocycles. The lowest BCUT2D eigenvalue weighted by Gasteiger charge is -2.12. The van der Waals surface area contributed by atoms with Crippen LogP contribution in [0.5, 0.6) is 5.75 Å². The smallest absolute Gasteiger partial charge is 0.419 e. The number of methoxy groups -OCH3 is 1. The first-order valence-electron chi connectivity index (χ1n) is 5.39. The second-order valence-electron chi connectivity index (χ2n) is 3.66. The average molecular weight is 290 g/mol. The van der Waals surface area contributed by atoms with Gasteiger partial charge in [0.2, 0.25) is 0 Å². The van der Waals surface area contributed by atoms with Gasteiger partial charge in [-0.05, 0) is 17.7 Å². The van der Waals surface area contributed by atoms with E-state index < -0.39 is 11.7 Å². The fourth-order valence-corrected chi connectivity index (χ4v) is 1.82. The molecular weight excluding hydrogens is 277 g/mol. The number of carbonyl (C=O) groups is 1. The monoisotopic (exact) mass is 290 g/mol. The quantitative estimate of drug-likeness (QED) is 0.838. The van der Waals surface area contributed by atoms with Crippen LogP contribution in [0.4, 0.5) is 13.2 Å². The molecule has 0 fully saturated rings. The van der Waals surface area contributed by atoms with E-state index in [0.29, 0.717) is 11.3 Å². The van der Waals surface area contributed by atoms with Crippen LogP contribution in [0.2, 0.25) is 0 Å². The molecule has 0 saturated heterocycles. The number of ether oxygens (including phenoxy) is 1. The van der Waals surface area contributed by atoms with E-state index in [-0.39, 0.29) is 10.9 Å². The lowest BCUT2D eigenvalue weighted by molar-refractivity contribution is -0.138. The minimum atomic E-state index is -4.43. The number of hydrogen-bond acceptors (Lipinski definition) is 3. The highest BCUT2D eigenvalue weighted by Crippen LogP contribution is 2.36. The predicted molar refractivity (Wildman–Crippen MR) is 70.2 cm³/mol. The molecule has 2 nitrogen and oxygen atoms in total. The fourth-order valence-electron chi connectivity index (χ4n) is 1.40. The second kappa shape index (κ2) is 6.65. The van der Waals surface area contributed by atoms with Crippen molar-refractivity contribution in [2.75, 3.05) is 12.9 Å². The van der Waals surface area contributed by atoms with Crippen LogP contribution in [0.3, 0.4) is 0 Å². The molecule has 0 N–H and O–H groups in total. The van der Waals surface area contributed by atoms with E-state index in [0.717, 1.165) is 17.8 Å². The van der Waals surface area contributed by atoms with Gasteiger partial charge in [-0.2, -0.15) is 13.2 Å². The van der Waals surface area contributed by atoms with Crippen molar-refractivity contribution in [2.24, 2.45) is 0 Å². The highest BCUT2D eigenvalue weighted by atomic mass is 32.2. The maximum absolute atomic E-state index is 12.6. The molecule has 1 rings (SSSR count). The number of benzene rings is 1. The van der Waals surface area contributed by atoms with Crippen LogP contribution < -0.4 is 4.74 Å². The molecule has 0 bridgehead atoms. The van der Waals surface area contributed by atoms with Crippen molar-refractivity contribution in [3.63, 3.8) is 0 Å². The van der Waals surface area contributed by atoms with Crippen LogP contribution >= 0.6 is 11.8 Å². The molecular formula is C13H13F3O2S. The van der Waals surface area contributed by atoms with Crippen molar-refractivity contribution >= 4 is 23.0 Å². The van der Waals surface area contributed by atoms with Gasteiger partial charge < -0.3 is 4.74 Å². The van der Waals surface area contributed by atoms with Gasteiger partial charge in [0.1, 0.15) is 5.75 Å². The molecule has 0 atom stereocenters. The van der Waals surface area contributed by atoms with Gasteiger partial charge in [0.15, 0.2) is 5.12 Å². The van der Waals surface area contributed by atoms with Crippen LogP contribution in [0, 0.1) is 0 Å². The summed E-state index contributed by atoms with van der Waals surface area (Å²) < 4.78 is 42.6. The summed E-state index contributed by atoms with van der Waals surface area (Å²) in [5.41, 5.74) is -0.209. The zero-order valence-electron chi connectivity index (χ0n) is 10.5. The molecule has 0 aromatic heterocycles. The van der Waals surface area contributed by atoms with E-state index in [4.69, 9.17) is 4.74 Å². The SMILES string of the molecule is COc1cc(C=CCSC(C)=O)ccc1C(F)(F)F. The van der Waals surface area contributed by atoms with Crippen molar-refractivity contribution in [2.45, 2.75) is 13.1 Å². The average Bonchev–Trinajstić information content (AvgIpc) is 2.32. The lowest BCUT2D eigenvalue weighted by atomic mass is 10.1. The molecule has 0 saturated carbocycles. The van der Waals surface area contributed by atoms with Crippen molar-refractivity contribution < 1.29 is 22.7 Å². The van der Waals surface area contributed by atoms with Gasteiger partial charge in [0, 0.05) is 12.7 Å². The molecule has 104 valence electrons. The van der Waals surface area contributed by atoms with Crippen LogP contribution in [0.1, 0.15) is 18.1 Å². The number of carbonyl (C=O) groups excluding carboxylic acids is 1. The first kappa shape index (κ1) is 15.6. The molecule has 0 unspecified atom stereocenters. The Morgan fingerprint density at radius 1 is 1.42 bits per heavy atom. The Kier molecular flexibility index (Phi) is 5.47. The summed E-state index contributed by atoms with van der Waals surface area (Å²) in [6.07, 6.45) is -1.06. The zero-order valence-corrected chi connectivity index (χ0v) is 11.3. The second-order valence-corrected chi connectivity index (χ2v) is 4.86. The summed E-state index contributed by atoms with van der Waals surface area (Å²) in [5.74, 6) is 0.271. The number of alkyl halides is 3. The Balaban J connectivity index is 2.86. The van der Waals surface area contributed by atoms with Crippen LogP contribution in [-0.2, 0) is 11.0 Å². The summed E-state index contributed by atoms with van der Waals surface area (Å²) in [6, 6.07) is 3.66.